The maximum absolute atomic E-state index is 13.7. The van der Waals surface area contributed by atoms with E-state index in [9.17, 15) is 4.39 Å². The van der Waals surface area contributed by atoms with Crippen molar-refractivity contribution in [3.05, 3.63) is 51.9 Å². The SMILES string of the molecule is CCNCc1cc(C)nc(Oc2ccc(Br)cc2F)c1. The fourth-order valence-electron chi connectivity index (χ4n) is 1.80. The second kappa shape index (κ2) is 6.81. The fourth-order valence-corrected chi connectivity index (χ4v) is 2.13. The molecule has 5 heteroatoms. The highest BCUT2D eigenvalue weighted by Gasteiger charge is 2.08. The van der Waals surface area contributed by atoms with Gasteiger partial charge < -0.3 is 10.1 Å². The number of nitrogens with one attached hydrogen (secondary N) is 1. The van der Waals surface area contributed by atoms with Crippen molar-refractivity contribution in [1.82, 2.24) is 10.3 Å². The van der Waals surface area contributed by atoms with Crippen LogP contribution in [-0.2, 0) is 6.54 Å². The van der Waals surface area contributed by atoms with Crippen LogP contribution >= 0.6 is 15.9 Å². The predicted octanol–water partition coefficient (Wildman–Crippen LogP) is 4.19. The van der Waals surface area contributed by atoms with Gasteiger partial charge in [0.25, 0.3) is 0 Å². The number of nitrogens with zero attached hydrogens (tertiary/aromatic N) is 1. The number of halogens is 2. The molecule has 0 fully saturated rings. The molecule has 3 nitrogen and oxygen atoms in total. The third kappa shape index (κ3) is 4.02. The molecule has 106 valence electrons. The Morgan fingerprint density at radius 2 is 2.10 bits per heavy atom. The molecule has 0 atom stereocenters. The van der Waals surface area contributed by atoms with Gasteiger partial charge in [0, 0.05) is 22.8 Å². The van der Waals surface area contributed by atoms with Crippen molar-refractivity contribution >= 4 is 15.9 Å². The summed E-state index contributed by atoms with van der Waals surface area (Å²) in [5, 5.41) is 3.24. The fraction of sp³-hybridized carbons (Fsp3) is 0.267. The number of rotatable bonds is 5. The van der Waals surface area contributed by atoms with Gasteiger partial charge in [-0.05, 0) is 43.3 Å². The Morgan fingerprint density at radius 1 is 1.30 bits per heavy atom. The topological polar surface area (TPSA) is 34.2 Å². The van der Waals surface area contributed by atoms with Gasteiger partial charge in [-0.25, -0.2) is 9.37 Å². The molecule has 0 unspecified atom stereocenters. The molecule has 0 radical (unpaired) electrons. The summed E-state index contributed by atoms with van der Waals surface area (Å²) in [7, 11) is 0. The molecule has 1 heterocycles. The Morgan fingerprint density at radius 3 is 2.80 bits per heavy atom. The highest BCUT2D eigenvalue weighted by Crippen LogP contribution is 2.26. The third-order valence-corrected chi connectivity index (χ3v) is 3.17. The zero-order chi connectivity index (χ0) is 14.5. The molecule has 0 saturated carbocycles. The van der Waals surface area contributed by atoms with E-state index in [4.69, 9.17) is 4.74 Å². The quantitative estimate of drug-likeness (QED) is 0.887. The monoisotopic (exact) mass is 338 g/mol. The number of hydrogen-bond donors (Lipinski definition) is 1. The number of aromatic nitrogens is 1. The lowest BCUT2D eigenvalue weighted by atomic mass is 10.2. The van der Waals surface area contributed by atoms with Crippen LogP contribution < -0.4 is 10.1 Å². The van der Waals surface area contributed by atoms with Crippen molar-refractivity contribution < 1.29 is 9.13 Å². The van der Waals surface area contributed by atoms with Gasteiger partial charge in [-0.15, -0.1) is 0 Å². The number of pyridine rings is 1. The summed E-state index contributed by atoms with van der Waals surface area (Å²) in [4.78, 5) is 4.27. The summed E-state index contributed by atoms with van der Waals surface area (Å²) in [6.45, 7) is 5.56. The molecular weight excluding hydrogens is 323 g/mol. The summed E-state index contributed by atoms with van der Waals surface area (Å²) in [6.07, 6.45) is 0. The van der Waals surface area contributed by atoms with Gasteiger partial charge in [0.1, 0.15) is 0 Å². The highest BCUT2D eigenvalue weighted by molar-refractivity contribution is 9.10. The van der Waals surface area contributed by atoms with E-state index in [0.29, 0.717) is 10.4 Å². The maximum Gasteiger partial charge on any atom is 0.219 e. The normalized spacial score (nSPS) is 10.6. The van der Waals surface area contributed by atoms with E-state index in [-0.39, 0.29) is 5.75 Å². The number of benzene rings is 1. The number of ether oxygens (including phenoxy) is 1. The van der Waals surface area contributed by atoms with Crippen LogP contribution in [0.4, 0.5) is 4.39 Å². The van der Waals surface area contributed by atoms with E-state index >= 15 is 0 Å². The first kappa shape index (κ1) is 14.9. The highest BCUT2D eigenvalue weighted by atomic mass is 79.9. The van der Waals surface area contributed by atoms with Crippen LogP contribution in [0.15, 0.2) is 34.8 Å². The first-order valence-corrected chi connectivity index (χ1v) is 7.19. The Bertz CT molecular complexity index is 604. The lowest BCUT2D eigenvalue weighted by molar-refractivity contribution is 0.425. The Kier molecular flexibility index (Phi) is 5.09. The van der Waals surface area contributed by atoms with Crippen molar-refractivity contribution in [3.8, 4) is 11.6 Å². The van der Waals surface area contributed by atoms with Crippen LogP contribution in [0.25, 0.3) is 0 Å². The zero-order valence-corrected chi connectivity index (χ0v) is 13.0. The van der Waals surface area contributed by atoms with E-state index in [1.807, 2.05) is 26.0 Å². The number of hydrogen-bond acceptors (Lipinski definition) is 3. The van der Waals surface area contributed by atoms with Gasteiger partial charge in [0.05, 0.1) is 0 Å². The minimum Gasteiger partial charge on any atom is -0.436 e. The van der Waals surface area contributed by atoms with Crippen LogP contribution in [0.1, 0.15) is 18.2 Å². The average molecular weight is 339 g/mol. The van der Waals surface area contributed by atoms with Crippen molar-refractivity contribution in [3.63, 3.8) is 0 Å². The molecule has 2 rings (SSSR count). The van der Waals surface area contributed by atoms with Crippen LogP contribution in [0.5, 0.6) is 11.6 Å². The second-order valence-corrected chi connectivity index (χ2v) is 5.33. The number of aryl methyl sites for hydroxylation is 1. The van der Waals surface area contributed by atoms with Crippen molar-refractivity contribution in [2.45, 2.75) is 20.4 Å². The minimum absolute atomic E-state index is 0.167. The van der Waals surface area contributed by atoms with E-state index in [0.717, 1.165) is 24.3 Å². The summed E-state index contributed by atoms with van der Waals surface area (Å²) in [5.74, 6) is 0.149. The van der Waals surface area contributed by atoms with Gasteiger partial charge in [-0.3, -0.25) is 0 Å². The van der Waals surface area contributed by atoms with Gasteiger partial charge in [-0.2, -0.15) is 0 Å². The largest absolute Gasteiger partial charge is 0.436 e. The predicted molar refractivity (Wildman–Crippen MR) is 80.5 cm³/mol. The minimum atomic E-state index is -0.420. The van der Waals surface area contributed by atoms with Crippen LogP contribution in [-0.4, -0.2) is 11.5 Å². The van der Waals surface area contributed by atoms with Crippen LogP contribution in [0.2, 0.25) is 0 Å². The van der Waals surface area contributed by atoms with E-state index in [2.05, 4.69) is 26.2 Å². The Balaban J connectivity index is 2.21. The average Bonchev–Trinajstić information content (AvgIpc) is 2.39. The van der Waals surface area contributed by atoms with Gasteiger partial charge in [-0.1, -0.05) is 22.9 Å². The van der Waals surface area contributed by atoms with Crippen LogP contribution in [0, 0.1) is 12.7 Å². The first-order valence-electron chi connectivity index (χ1n) is 6.39. The molecule has 2 aromatic rings. The zero-order valence-electron chi connectivity index (χ0n) is 11.4. The van der Waals surface area contributed by atoms with Crippen molar-refractivity contribution in [2.24, 2.45) is 0 Å². The molecule has 0 aliphatic heterocycles. The lowest BCUT2D eigenvalue weighted by Crippen LogP contribution is -2.12. The van der Waals surface area contributed by atoms with E-state index < -0.39 is 5.82 Å². The molecule has 0 spiro atoms. The molecule has 1 N–H and O–H groups in total. The molecule has 0 amide bonds. The third-order valence-electron chi connectivity index (χ3n) is 2.68. The molecule has 20 heavy (non-hydrogen) atoms. The summed E-state index contributed by atoms with van der Waals surface area (Å²) in [5.41, 5.74) is 1.90. The van der Waals surface area contributed by atoms with E-state index in [1.165, 1.54) is 6.07 Å². The molecule has 1 aromatic heterocycles. The van der Waals surface area contributed by atoms with Crippen LogP contribution in [0.3, 0.4) is 0 Å². The van der Waals surface area contributed by atoms with Crippen molar-refractivity contribution in [1.29, 1.82) is 0 Å². The van der Waals surface area contributed by atoms with Gasteiger partial charge in [0.2, 0.25) is 5.88 Å². The molecular formula is C15H16BrFN2O. The summed E-state index contributed by atoms with van der Waals surface area (Å²) in [6, 6.07) is 8.47. The lowest BCUT2D eigenvalue weighted by Gasteiger charge is -2.09. The molecule has 0 aliphatic carbocycles. The summed E-state index contributed by atoms with van der Waals surface area (Å²) >= 11 is 3.21. The summed E-state index contributed by atoms with van der Waals surface area (Å²) < 4.78 is 19.9. The molecule has 0 saturated heterocycles. The maximum atomic E-state index is 13.7. The van der Waals surface area contributed by atoms with Gasteiger partial charge in [0.15, 0.2) is 11.6 Å². The smallest absolute Gasteiger partial charge is 0.219 e. The van der Waals surface area contributed by atoms with Crippen molar-refractivity contribution in [2.75, 3.05) is 6.54 Å². The molecule has 0 aliphatic rings. The van der Waals surface area contributed by atoms with E-state index in [1.54, 1.807) is 12.1 Å². The molecule has 0 bridgehead atoms. The molecule has 1 aromatic carbocycles. The Labute approximate surface area is 126 Å². The second-order valence-electron chi connectivity index (χ2n) is 4.41. The standard InChI is InChI=1S/C15H16BrFN2O/c1-3-18-9-11-6-10(2)19-15(7-11)20-14-5-4-12(16)8-13(14)17/h4-8,18H,3,9H2,1-2H3. The first-order chi connectivity index (χ1) is 9.58. The Hall–Kier alpha value is -1.46. The van der Waals surface area contributed by atoms with Gasteiger partial charge >= 0.3 is 0 Å².